The first-order chi connectivity index (χ1) is 8.50. The van der Waals surface area contributed by atoms with Crippen molar-refractivity contribution in [2.75, 3.05) is 0 Å². The average Bonchev–Trinajstić information content (AvgIpc) is 2.61. The van der Waals surface area contributed by atoms with Crippen LogP contribution in [0.25, 0.3) is 11.3 Å². The van der Waals surface area contributed by atoms with Gasteiger partial charge in [0.25, 0.3) is 0 Å². The zero-order valence-corrected chi connectivity index (χ0v) is 10.9. The molecule has 0 aliphatic heterocycles. The van der Waals surface area contributed by atoms with Crippen molar-refractivity contribution in [1.29, 1.82) is 0 Å². The Labute approximate surface area is 113 Å². The highest BCUT2D eigenvalue weighted by atomic mass is 35.5. The Kier molecular flexibility index (Phi) is 3.59. The average molecular weight is 286 g/mol. The van der Waals surface area contributed by atoms with Gasteiger partial charge in [-0.3, -0.25) is 4.79 Å². The summed E-state index contributed by atoms with van der Waals surface area (Å²) < 4.78 is 5.03. The van der Waals surface area contributed by atoms with Gasteiger partial charge < -0.3 is 9.63 Å². The molecule has 94 valence electrons. The number of hydrogen-bond acceptors (Lipinski definition) is 3. The zero-order valence-electron chi connectivity index (χ0n) is 9.41. The molecular formula is C12H9Cl2NO3. The lowest BCUT2D eigenvalue weighted by molar-refractivity contribution is -0.136. The van der Waals surface area contributed by atoms with Crippen molar-refractivity contribution in [3.8, 4) is 11.3 Å². The Morgan fingerprint density at radius 2 is 2.00 bits per heavy atom. The Bertz CT molecular complexity index is 587. The fourth-order valence-corrected chi connectivity index (χ4v) is 2.25. The fourth-order valence-electron chi connectivity index (χ4n) is 1.67. The van der Waals surface area contributed by atoms with Crippen molar-refractivity contribution < 1.29 is 14.4 Å². The molecule has 0 saturated carbocycles. The second-order valence-electron chi connectivity index (χ2n) is 3.73. The summed E-state index contributed by atoms with van der Waals surface area (Å²) in [4.78, 5) is 10.8. The number of carbonyl (C=O) groups is 1. The van der Waals surface area contributed by atoms with Crippen LogP contribution in [0.15, 0.2) is 22.7 Å². The molecule has 0 unspecified atom stereocenters. The molecule has 0 bridgehead atoms. The van der Waals surface area contributed by atoms with E-state index in [4.69, 9.17) is 32.8 Å². The SMILES string of the molecule is Cc1onc(-c2c(Cl)cccc2Cl)c1CC(=O)O. The van der Waals surface area contributed by atoms with E-state index in [1.807, 2.05) is 0 Å². The Balaban J connectivity index is 2.61. The lowest BCUT2D eigenvalue weighted by atomic mass is 10.0. The summed E-state index contributed by atoms with van der Waals surface area (Å²) in [6.45, 7) is 1.65. The summed E-state index contributed by atoms with van der Waals surface area (Å²) in [7, 11) is 0. The van der Waals surface area contributed by atoms with Crippen LogP contribution in [-0.4, -0.2) is 16.2 Å². The minimum atomic E-state index is -0.967. The number of carboxylic acids is 1. The van der Waals surface area contributed by atoms with E-state index in [-0.39, 0.29) is 6.42 Å². The van der Waals surface area contributed by atoms with E-state index in [9.17, 15) is 4.79 Å². The van der Waals surface area contributed by atoms with Gasteiger partial charge in [0.1, 0.15) is 11.5 Å². The van der Waals surface area contributed by atoms with Crippen molar-refractivity contribution in [3.05, 3.63) is 39.6 Å². The van der Waals surface area contributed by atoms with Gasteiger partial charge in [-0.05, 0) is 19.1 Å². The van der Waals surface area contributed by atoms with Crippen molar-refractivity contribution in [2.45, 2.75) is 13.3 Å². The third-order valence-electron chi connectivity index (χ3n) is 2.51. The second kappa shape index (κ2) is 5.00. The predicted octanol–water partition coefficient (Wildman–Crippen LogP) is 3.58. The molecule has 1 N–H and O–H groups in total. The molecule has 0 fully saturated rings. The molecule has 0 saturated heterocycles. The van der Waals surface area contributed by atoms with Crippen LogP contribution in [0, 0.1) is 6.92 Å². The van der Waals surface area contributed by atoms with Crippen LogP contribution in [-0.2, 0) is 11.2 Å². The number of aliphatic carboxylic acids is 1. The quantitative estimate of drug-likeness (QED) is 0.936. The normalized spacial score (nSPS) is 10.6. The smallest absolute Gasteiger partial charge is 0.308 e. The van der Waals surface area contributed by atoms with Crippen LogP contribution in [0.5, 0.6) is 0 Å². The third kappa shape index (κ3) is 2.35. The summed E-state index contributed by atoms with van der Waals surface area (Å²) in [5, 5.41) is 13.5. The molecule has 0 atom stereocenters. The minimum absolute atomic E-state index is 0.188. The first-order valence-electron chi connectivity index (χ1n) is 5.12. The molecule has 6 heteroatoms. The Hall–Kier alpha value is -1.52. The molecule has 2 aromatic rings. The van der Waals surface area contributed by atoms with Gasteiger partial charge in [0, 0.05) is 11.1 Å². The van der Waals surface area contributed by atoms with E-state index >= 15 is 0 Å². The summed E-state index contributed by atoms with van der Waals surface area (Å²) in [5.41, 5.74) is 1.36. The molecule has 0 aliphatic rings. The number of hydrogen-bond donors (Lipinski definition) is 1. The van der Waals surface area contributed by atoms with Gasteiger partial charge in [-0.25, -0.2) is 0 Å². The van der Waals surface area contributed by atoms with Crippen LogP contribution in [0.3, 0.4) is 0 Å². The van der Waals surface area contributed by atoms with Gasteiger partial charge in [0.2, 0.25) is 0 Å². The number of carboxylic acid groups (broad SMARTS) is 1. The monoisotopic (exact) mass is 285 g/mol. The highest BCUT2D eigenvalue weighted by Gasteiger charge is 2.21. The van der Waals surface area contributed by atoms with E-state index in [0.29, 0.717) is 32.6 Å². The van der Waals surface area contributed by atoms with E-state index in [2.05, 4.69) is 5.16 Å². The predicted molar refractivity (Wildman–Crippen MR) is 68.0 cm³/mol. The van der Waals surface area contributed by atoms with Gasteiger partial charge in [0.05, 0.1) is 16.5 Å². The molecule has 0 amide bonds. The topological polar surface area (TPSA) is 63.3 Å². The molecule has 1 aromatic carbocycles. The maximum absolute atomic E-state index is 10.8. The molecule has 18 heavy (non-hydrogen) atoms. The summed E-state index contributed by atoms with van der Waals surface area (Å²) in [5.74, 6) is -0.519. The highest BCUT2D eigenvalue weighted by molar-refractivity contribution is 6.39. The van der Waals surface area contributed by atoms with E-state index in [1.165, 1.54) is 0 Å². The molecule has 0 radical (unpaired) electrons. The number of nitrogens with zero attached hydrogens (tertiary/aromatic N) is 1. The lowest BCUT2D eigenvalue weighted by Crippen LogP contribution is -2.02. The van der Waals surface area contributed by atoms with Gasteiger partial charge in [-0.15, -0.1) is 0 Å². The first-order valence-corrected chi connectivity index (χ1v) is 5.87. The Morgan fingerprint density at radius 3 is 2.56 bits per heavy atom. The summed E-state index contributed by atoms with van der Waals surface area (Å²) in [6.07, 6.45) is -0.188. The fraction of sp³-hybridized carbons (Fsp3) is 0.167. The standard InChI is InChI=1S/C12H9Cl2NO3/c1-6-7(5-10(16)17)12(15-18-6)11-8(13)3-2-4-9(11)14/h2-4H,5H2,1H3,(H,16,17). The van der Waals surface area contributed by atoms with Crippen molar-refractivity contribution in [1.82, 2.24) is 5.16 Å². The van der Waals surface area contributed by atoms with Crippen molar-refractivity contribution in [2.24, 2.45) is 0 Å². The molecule has 2 rings (SSSR count). The van der Waals surface area contributed by atoms with Crippen LogP contribution in [0.2, 0.25) is 10.0 Å². The van der Waals surface area contributed by atoms with Crippen LogP contribution < -0.4 is 0 Å². The molecule has 0 spiro atoms. The Morgan fingerprint density at radius 1 is 1.39 bits per heavy atom. The van der Waals surface area contributed by atoms with Crippen LogP contribution in [0.1, 0.15) is 11.3 Å². The molecule has 1 heterocycles. The number of aryl methyl sites for hydroxylation is 1. The number of halogens is 2. The summed E-state index contributed by atoms with van der Waals surface area (Å²) >= 11 is 12.1. The zero-order chi connectivity index (χ0) is 13.3. The van der Waals surface area contributed by atoms with Gasteiger partial charge in [0.15, 0.2) is 0 Å². The molecule has 0 aliphatic carbocycles. The number of rotatable bonds is 3. The maximum atomic E-state index is 10.8. The minimum Gasteiger partial charge on any atom is -0.481 e. The maximum Gasteiger partial charge on any atom is 0.308 e. The third-order valence-corrected chi connectivity index (χ3v) is 3.14. The summed E-state index contributed by atoms with van der Waals surface area (Å²) in [6, 6.07) is 5.03. The second-order valence-corrected chi connectivity index (χ2v) is 4.55. The van der Waals surface area contributed by atoms with Gasteiger partial charge >= 0.3 is 5.97 Å². The number of benzene rings is 1. The van der Waals surface area contributed by atoms with E-state index < -0.39 is 5.97 Å². The van der Waals surface area contributed by atoms with Crippen LogP contribution >= 0.6 is 23.2 Å². The van der Waals surface area contributed by atoms with Gasteiger partial charge in [-0.1, -0.05) is 34.4 Å². The largest absolute Gasteiger partial charge is 0.481 e. The molecule has 1 aromatic heterocycles. The number of aromatic nitrogens is 1. The highest BCUT2D eigenvalue weighted by Crippen LogP contribution is 2.36. The van der Waals surface area contributed by atoms with Crippen LogP contribution in [0.4, 0.5) is 0 Å². The van der Waals surface area contributed by atoms with E-state index in [0.717, 1.165) is 0 Å². The van der Waals surface area contributed by atoms with Crippen molar-refractivity contribution in [3.63, 3.8) is 0 Å². The van der Waals surface area contributed by atoms with Gasteiger partial charge in [-0.2, -0.15) is 0 Å². The molecular weight excluding hydrogens is 277 g/mol. The lowest BCUT2D eigenvalue weighted by Gasteiger charge is -2.05. The molecule has 4 nitrogen and oxygen atoms in total. The van der Waals surface area contributed by atoms with Crippen molar-refractivity contribution >= 4 is 29.2 Å². The van der Waals surface area contributed by atoms with E-state index in [1.54, 1.807) is 25.1 Å². The first kappa shape index (κ1) is 12.9.